The van der Waals surface area contributed by atoms with Gasteiger partial charge in [0.1, 0.15) is 17.1 Å². The highest BCUT2D eigenvalue weighted by Gasteiger charge is 2.57. The van der Waals surface area contributed by atoms with Gasteiger partial charge in [0.25, 0.3) is 0 Å². The number of ether oxygens (including phenoxy) is 1. The number of hydrogen-bond acceptors (Lipinski definition) is 5. The zero-order valence-electron chi connectivity index (χ0n) is 17.0. The number of hydrogen-bond donors (Lipinski definition) is 1. The van der Waals surface area contributed by atoms with Gasteiger partial charge in [-0.2, -0.15) is 0 Å². The van der Waals surface area contributed by atoms with E-state index in [9.17, 15) is 5.11 Å². The summed E-state index contributed by atoms with van der Waals surface area (Å²) in [6.07, 6.45) is 2.75. The molecule has 1 N–H and O–H groups in total. The van der Waals surface area contributed by atoms with Crippen LogP contribution < -0.4 is 4.74 Å². The molecule has 0 radical (unpaired) electrons. The van der Waals surface area contributed by atoms with Crippen LogP contribution in [0, 0.1) is 11.8 Å². The first kappa shape index (κ1) is 20.7. The molecule has 29 heavy (non-hydrogen) atoms. The number of para-hydroxylation sites is 2. The van der Waals surface area contributed by atoms with Crippen molar-refractivity contribution in [3.63, 3.8) is 0 Å². The first-order valence-electron chi connectivity index (χ1n) is 10.0. The van der Waals surface area contributed by atoms with E-state index in [1.807, 2.05) is 86.2 Å². The van der Waals surface area contributed by atoms with Crippen molar-refractivity contribution in [2.75, 3.05) is 32.1 Å². The average molecular weight is 426 g/mol. The number of fused-ring (bicyclic) bond motifs is 2. The van der Waals surface area contributed by atoms with Crippen LogP contribution in [0.5, 0.6) is 11.5 Å². The SMILES string of the molecule is CN(C)CC#CCCC1(C2(O)c3ccccc3Oc3ccccc32)SCCCS1. The fraction of sp³-hybridized carbons (Fsp3) is 0.417. The molecule has 0 aliphatic carbocycles. The highest BCUT2D eigenvalue weighted by Crippen LogP contribution is 2.62. The van der Waals surface area contributed by atoms with Crippen LogP contribution >= 0.6 is 23.5 Å². The van der Waals surface area contributed by atoms with E-state index in [1.54, 1.807) is 0 Å². The third-order valence-corrected chi connectivity index (χ3v) is 9.01. The maximum absolute atomic E-state index is 12.5. The predicted octanol–water partition coefficient (Wildman–Crippen LogP) is 4.94. The van der Waals surface area contributed by atoms with Crippen LogP contribution in [0.4, 0.5) is 0 Å². The predicted molar refractivity (Wildman–Crippen MR) is 124 cm³/mol. The fourth-order valence-electron chi connectivity index (χ4n) is 4.02. The molecule has 0 atom stereocenters. The number of nitrogens with zero attached hydrogens (tertiary/aromatic N) is 1. The van der Waals surface area contributed by atoms with Crippen LogP contribution in [0.25, 0.3) is 0 Å². The molecule has 3 nitrogen and oxygen atoms in total. The van der Waals surface area contributed by atoms with E-state index in [0.717, 1.165) is 53.5 Å². The minimum Gasteiger partial charge on any atom is -0.457 e. The second-order valence-corrected chi connectivity index (χ2v) is 10.7. The fourth-order valence-corrected chi connectivity index (χ4v) is 7.62. The van der Waals surface area contributed by atoms with Crippen LogP contribution in [0.3, 0.4) is 0 Å². The number of rotatable bonds is 4. The smallest absolute Gasteiger partial charge is 0.145 e. The summed E-state index contributed by atoms with van der Waals surface area (Å²) >= 11 is 3.77. The van der Waals surface area contributed by atoms with Crippen molar-refractivity contribution >= 4 is 23.5 Å². The average Bonchev–Trinajstić information content (AvgIpc) is 2.74. The van der Waals surface area contributed by atoms with Crippen LogP contribution in [0.2, 0.25) is 0 Å². The molecular formula is C24H27NO2S2. The summed E-state index contributed by atoms with van der Waals surface area (Å²) < 4.78 is 5.77. The van der Waals surface area contributed by atoms with E-state index >= 15 is 0 Å². The van der Waals surface area contributed by atoms with E-state index in [1.165, 1.54) is 6.42 Å². The number of thioether (sulfide) groups is 2. The molecule has 1 saturated heterocycles. The van der Waals surface area contributed by atoms with Gasteiger partial charge in [-0.15, -0.1) is 29.4 Å². The Labute approximate surface area is 182 Å². The Bertz CT molecular complexity index is 880. The van der Waals surface area contributed by atoms with Gasteiger partial charge in [0.2, 0.25) is 0 Å². The standard InChI is InChI=1S/C24H27NO2S2/c1-25(2)16-9-3-8-15-23(28-17-10-18-29-23)24(26)19-11-4-6-13-21(19)27-22-14-7-5-12-20(22)24/h4-7,11-14,26H,8,10,15-18H2,1-2H3. The van der Waals surface area contributed by atoms with E-state index in [-0.39, 0.29) is 0 Å². The maximum Gasteiger partial charge on any atom is 0.145 e. The summed E-state index contributed by atoms with van der Waals surface area (Å²) in [5, 5.41) is 12.5. The summed E-state index contributed by atoms with van der Waals surface area (Å²) in [6, 6.07) is 15.9. The molecular weight excluding hydrogens is 398 g/mol. The molecule has 0 amide bonds. The summed E-state index contributed by atoms with van der Waals surface area (Å²) in [4.78, 5) is 2.07. The Hall–Kier alpha value is -1.58. The minimum atomic E-state index is -1.13. The van der Waals surface area contributed by atoms with Crippen molar-refractivity contribution in [1.82, 2.24) is 4.90 Å². The summed E-state index contributed by atoms with van der Waals surface area (Å²) in [6.45, 7) is 0.761. The lowest BCUT2D eigenvalue weighted by molar-refractivity contribution is 0.0540. The molecule has 0 aromatic heterocycles. The Morgan fingerprint density at radius 3 is 2.14 bits per heavy atom. The summed E-state index contributed by atoms with van der Waals surface area (Å²) in [5.74, 6) is 10.2. The molecule has 2 aliphatic rings. The van der Waals surface area contributed by atoms with E-state index in [2.05, 4.69) is 16.7 Å². The lowest BCUT2D eigenvalue weighted by Gasteiger charge is -2.50. The molecule has 0 unspecified atom stereocenters. The largest absolute Gasteiger partial charge is 0.457 e. The highest BCUT2D eigenvalue weighted by atomic mass is 32.2. The Balaban J connectivity index is 1.78. The van der Waals surface area contributed by atoms with E-state index in [4.69, 9.17) is 4.74 Å². The van der Waals surface area contributed by atoms with Gasteiger partial charge in [0, 0.05) is 17.5 Å². The molecule has 4 rings (SSSR count). The monoisotopic (exact) mass is 425 g/mol. The topological polar surface area (TPSA) is 32.7 Å². The van der Waals surface area contributed by atoms with Gasteiger partial charge in [-0.1, -0.05) is 42.3 Å². The van der Waals surface area contributed by atoms with Crippen molar-refractivity contribution in [2.24, 2.45) is 0 Å². The van der Waals surface area contributed by atoms with Crippen molar-refractivity contribution in [3.05, 3.63) is 59.7 Å². The summed E-state index contributed by atoms with van der Waals surface area (Å²) in [7, 11) is 4.06. The second-order valence-electron chi connectivity index (χ2n) is 7.70. The minimum absolute atomic E-state index is 0.395. The molecule has 1 fully saturated rings. The summed E-state index contributed by atoms with van der Waals surface area (Å²) in [5.41, 5.74) is 0.598. The first-order valence-corrected chi connectivity index (χ1v) is 12.0. The molecule has 5 heteroatoms. The van der Waals surface area contributed by atoms with Crippen LogP contribution in [0.15, 0.2) is 48.5 Å². The van der Waals surface area contributed by atoms with Gasteiger partial charge in [-0.3, -0.25) is 4.90 Å². The van der Waals surface area contributed by atoms with Gasteiger partial charge in [-0.05, 0) is 50.6 Å². The van der Waals surface area contributed by atoms with Gasteiger partial charge < -0.3 is 9.84 Å². The van der Waals surface area contributed by atoms with Crippen LogP contribution in [-0.2, 0) is 5.60 Å². The lowest BCUT2D eigenvalue weighted by Crippen LogP contribution is -2.51. The van der Waals surface area contributed by atoms with Gasteiger partial charge in [0.05, 0.1) is 10.6 Å². The molecule has 0 bridgehead atoms. The van der Waals surface area contributed by atoms with E-state index in [0.29, 0.717) is 0 Å². The molecule has 0 spiro atoms. The zero-order valence-corrected chi connectivity index (χ0v) is 18.6. The highest BCUT2D eigenvalue weighted by molar-refractivity contribution is 8.18. The van der Waals surface area contributed by atoms with Crippen molar-refractivity contribution < 1.29 is 9.84 Å². The van der Waals surface area contributed by atoms with Crippen LogP contribution in [-0.4, -0.2) is 46.2 Å². The van der Waals surface area contributed by atoms with Gasteiger partial charge in [0.15, 0.2) is 0 Å². The molecule has 2 aromatic rings. The second kappa shape index (κ2) is 8.65. The molecule has 2 aromatic carbocycles. The third-order valence-electron chi connectivity index (χ3n) is 5.38. The number of aliphatic hydroxyl groups is 1. The Kier molecular flexibility index (Phi) is 6.17. The number of benzene rings is 2. The Morgan fingerprint density at radius 1 is 0.966 bits per heavy atom. The normalized spacial score (nSPS) is 18.8. The molecule has 152 valence electrons. The van der Waals surface area contributed by atoms with Crippen molar-refractivity contribution in [2.45, 2.75) is 28.9 Å². The van der Waals surface area contributed by atoms with Gasteiger partial charge >= 0.3 is 0 Å². The maximum atomic E-state index is 12.5. The zero-order chi connectivity index (χ0) is 20.3. The van der Waals surface area contributed by atoms with Crippen LogP contribution in [0.1, 0.15) is 30.4 Å². The lowest BCUT2D eigenvalue weighted by atomic mass is 9.78. The van der Waals surface area contributed by atoms with E-state index < -0.39 is 9.68 Å². The Morgan fingerprint density at radius 2 is 1.55 bits per heavy atom. The molecule has 2 aliphatic heterocycles. The molecule has 0 saturated carbocycles. The van der Waals surface area contributed by atoms with Crippen molar-refractivity contribution in [3.8, 4) is 23.3 Å². The third kappa shape index (κ3) is 3.80. The first-order chi connectivity index (χ1) is 14.1. The van der Waals surface area contributed by atoms with Gasteiger partial charge in [-0.25, -0.2) is 0 Å². The van der Waals surface area contributed by atoms with Crippen molar-refractivity contribution in [1.29, 1.82) is 0 Å². The molecule has 2 heterocycles. The quantitative estimate of drug-likeness (QED) is 0.702.